The lowest BCUT2D eigenvalue weighted by molar-refractivity contribution is -0.885. The maximum Gasteiger partial charge on any atom is 0.573 e. The number of hydrogen-bond donors (Lipinski definition) is 3. The Labute approximate surface area is 174 Å². The number of likely N-dealkylation sites (N-methyl/N-ethyl adjacent to an activating group) is 1. The first-order chi connectivity index (χ1) is 14.1. The molecular formula is C21H29F3N3O3+. The molecule has 9 heteroatoms. The zero-order chi connectivity index (χ0) is 22.1. The van der Waals surface area contributed by atoms with Crippen LogP contribution in [0.15, 0.2) is 35.9 Å². The molecule has 0 aliphatic heterocycles. The Morgan fingerprint density at radius 2 is 1.90 bits per heavy atom. The summed E-state index contributed by atoms with van der Waals surface area (Å²) in [5, 5.41) is 5.53. The van der Waals surface area contributed by atoms with Crippen molar-refractivity contribution in [2.75, 3.05) is 25.5 Å². The molecule has 1 aliphatic rings. The molecule has 3 N–H and O–H groups in total. The van der Waals surface area contributed by atoms with Crippen molar-refractivity contribution >= 4 is 17.5 Å². The maximum absolute atomic E-state index is 12.3. The molecule has 2 rings (SSSR count). The van der Waals surface area contributed by atoms with E-state index in [0.717, 1.165) is 31.4 Å². The Morgan fingerprint density at radius 3 is 2.50 bits per heavy atom. The molecule has 0 fully saturated rings. The second kappa shape index (κ2) is 11.0. The topological polar surface area (TPSA) is 71.9 Å². The summed E-state index contributed by atoms with van der Waals surface area (Å²) < 4.78 is 40.3. The van der Waals surface area contributed by atoms with Gasteiger partial charge in [-0.1, -0.05) is 11.6 Å². The second-order valence-corrected chi connectivity index (χ2v) is 7.51. The van der Waals surface area contributed by atoms with E-state index in [1.54, 1.807) is 14.0 Å². The molecular weight excluding hydrogens is 399 g/mol. The van der Waals surface area contributed by atoms with Crippen molar-refractivity contribution in [1.29, 1.82) is 0 Å². The lowest BCUT2D eigenvalue weighted by atomic mass is 9.97. The number of amides is 2. The third-order valence-corrected chi connectivity index (χ3v) is 5.07. The van der Waals surface area contributed by atoms with Crippen molar-refractivity contribution in [3.05, 3.63) is 35.9 Å². The summed E-state index contributed by atoms with van der Waals surface area (Å²) in [5.41, 5.74) is 1.74. The van der Waals surface area contributed by atoms with Crippen molar-refractivity contribution < 1.29 is 32.4 Å². The zero-order valence-corrected chi connectivity index (χ0v) is 17.3. The van der Waals surface area contributed by atoms with Crippen LogP contribution in [0.4, 0.5) is 18.9 Å². The Balaban J connectivity index is 1.74. The normalized spacial score (nSPS) is 16.2. The van der Waals surface area contributed by atoms with Gasteiger partial charge in [-0.25, -0.2) is 0 Å². The van der Waals surface area contributed by atoms with Crippen LogP contribution < -0.4 is 20.3 Å². The monoisotopic (exact) mass is 428 g/mol. The maximum atomic E-state index is 12.3. The predicted octanol–water partition coefficient (Wildman–Crippen LogP) is 2.43. The molecule has 0 aromatic heterocycles. The molecule has 0 heterocycles. The van der Waals surface area contributed by atoms with Gasteiger partial charge < -0.3 is 20.3 Å². The number of benzene rings is 1. The minimum absolute atomic E-state index is 0.0422. The van der Waals surface area contributed by atoms with Gasteiger partial charge in [-0.15, -0.1) is 13.2 Å². The first kappa shape index (κ1) is 23.7. The summed E-state index contributed by atoms with van der Waals surface area (Å²) in [7, 11) is 1.74. The molecule has 0 bridgehead atoms. The van der Waals surface area contributed by atoms with E-state index in [2.05, 4.69) is 21.4 Å². The van der Waals surface area contributed by atoms with Crippen LogP contribution in [-0.2, 0) is 9.59 Å². The van der Waals surface area contributed by atoms with Gasteiger partial charge in [0.15, 0.2) is 12.6 Å². The molecule has 0 radical (unpaired) electrons. The lowest BCUT2D eigenvalue weighted by Gasteiger charge is -2.21. The van der Waals surface area contributed by atoms with Crippen LogP contribution in [0.2, 0.25) is 0 Å². The number of alkyl halides is 3. The molecule has 1 aliphatic carbocycles. The van der Waals surface area contributed by atoms with Gasteiger partial charge >= 0.3 is 6.36 Å². The van der Waals surface area contributed by atoms with Gasteiger partial charge in [0.1, 0.15) is 5.75 Å². The summed E-state index contributed by atoms with van der Waals surface area (Å²) in [6.07, 6.45) is 2.99. The molecule has 6 nitrogen and oxygen atoms in total. The summed E-state index contributed by atoms with van der Waals surface area (Å²) in [6, 6.07) is 4.47. The largest absolute Gasteiger partial charge is 0.573 e. The number of hydrogen-bond acceptors (Lipinski definition) is 3. The third kappa shape index (κ3) is 8.44. The van der Waals surface area contributed by atoms with Gasteiger partial charge in [-0.3, -0.25) is 9.59 Å². The van der Waals surface area contributed by atoms with Crippen molar-refractivity contribution in [3.63, 3.8) is 0 Å². The van der Waals surface area contributed by atoms with Gasteiger partial charge in [0.25, 0.3) is 11.8 Å². The Hall–Kier alpha value is -2.55. The van der Waals surface area contributed by atoms with Crippen LogP contribution >= 0.6 is 0 Å². The molecule has 0 saturated heterocycles. The molecule has 0 saturated carbocycles. The summed E-state index contributed by atoms with van der Waals surface area (Å²) in [6.45, 7) is 2.38. The number of anilines is 1. The summed E-state index contributed by atoms with van der Waals surface area (Å²) in [4.78, 5) is 25.2. The molecule has 30 heavy (non-hydrogen) atoms. The van der Waals surface area contributed by atoms with E-state index in [0.29, 0.717) is 17.1 Å². The number of rotatable bonds is 9. The molecule has 166 valence electrons. The summed E-state index contributed by atoms with van der Waals surface area (Å²) >= 11 is 0. The van der Waals surface area contributed by atoms with Crippen LogP contribution in [0.3, 0.4) is 0 Å². The van der Waals surface area contributed by atoms with Crippen molar-refractivity contribution in [2.24, 2.45) is 0 Å². The van der Waals surface area contributed by atoms with E-state index in [9.17, 15) is 22.8 Å². The fourth-order valence-corrected chi connectivity index (χ4v) is 3.21. The van der Waals surface area contributed by atoms with Gasteiger partial charge in [0.2, 0.25) is 0 Å². The Morgan fingerprint density at radius 1 is 1.20 bits per heavy atom. The van der Waals surface area contributed by atoms with Gasteiger partial charge in [0, 0.05) is 12.2 Å². The van der Waals surface area contributed by atoms with E-state index in [1.807, 2.05) is 0 Å². The SMILES string of the molecule is C[C@H](C(=O)NCCC1=CCCCC1)[NH+](C)CC(=O)Nc1ccc(OC(F)(F)F)cc1. The number of carbonyl (C=O) groups is 2. The Bertz CT molecular complexity index is 748. The fraction of sp³-hybridized carbons (Fsp3) is 0.524. The number of halogens is 3. The van der Waals surface area contributed by atoms with Crippen LogP contribution in [0.1, 0.15) is 39.0 Å². The van der Waals surface area contributed by atoms with Gasteiger partial charge in [0.05, 0.1) is 7.05 Å². The first-order valence-corrected chi connectivity index (χ1v) is 10.1. The van der Waals surface area contributed by atoms with Gasteiger partial charge in [-0.2, -0.15) is 0 Å². The van der Waals surface area contributed by atoms with Gasteiger partial charge in [-0.05, 0) is 63.3 Å². The minimum Gasteiger partial charge on any atom is -0.406 e. The third-order valence-electron chi connectivity index (χ3n) is 5.07. The van der Waals surface area contributed by atoms with Crippen LogP contribution in [0, 0.1) is 0 Å². The highest BCUT2D eigenvalue weighted by molar-refractivity contribution is 5.91. The second-order valence-electron chi connectivity index (χ2n) is 7.51. The standard InChI is InChI=1S/C21H28F3N3O3/c1-15(20(29)25-13-12-16-6-4-3-5-7-16)27(2)14-19(28)26-17-8-10-18(11-9-17)30-21(22,23)24/h6,8-11,15H,3-5,7,12-14H2,1-2H3,(H,25,29)(H,26,28)/p+1/t15-/m1/s1. The smallest absolute Gasteiger partial charge is 0.406 e. The minimum atomic E-state index is -4.76. The zero-order valence-electron chi connectivity index (χ0n) is 17.3. The number of ether oxygens (including phenoxy) is 1. The van der Waals surface area contributed by atoms with E-state index in [1.165, 1.54) is 30.5 Å². The lowest BCUT2D eigenvalue weighted by Crippen LogP contribution is -3.15. The van der Waals surface area contributed by atoms with E-state index < -0.39 is 12.4 Å². The van der Waals surface area contributed by atoms with Crippen molar-refractivity contribution in [1.82, 2.24) is 5.32 Å². The fourth-order valence-electron chi connectivity index (χ4n) is 3.21. The Kier molecular flexibility index (Phi) is 8.71. The van der Waals surface area contributed by atoms with Crippen molar-refractivity contribution in [2.45, 2.75) is 51.4 Å². The van der Waals surface area contributed by atoms with E-state index >= 15 is 0 Å². The average molecular weight is 428 g/mol. The molecule has 1 aromatic rings. The molecule has 1 unspecified atom stereocenters. The predicted molar refractivity (Wildman–Crippen MR) is 107 cm³/mol. The highest BCUT2D eigenvalue weighted by Crippen LogP contribution is 2.24. The first-order valence-electron chi connectivity index (χ1n) is 10.1. The highest BCUT2D eigenvalue weighted by Gasteiger charge is 2.31. The summed E-state index contributed by atoms with van der Waals surface area (Å²) in [5.74, 6) is -0.827. The van der Waals surface area contributed by atoms with Crippen LogP contribution in [-0.4, -0.2) is 44.4 Å². The molecule has 2 amide bonds. The van der Waals surface area contributed by atoms with E-state index in [4.69, 9.17) is 0 Å². The quantitative estimate of drug-likeness (QED) is 0.529. The number of nitrogens with one attached hydrogen (secondary N) is 3. The van der Waals surface area contributed by atoms with E-state index in [-0.39, 0.29) is 24.1 Å². The molecule has 1 aromatic carbocycles. The number of quaternary nitrogens is 1. The number of carbonyl (C=O) groups excluding carboxylic acids is 2. The van der Waals surface area contributed by atoms with Crippen LogP contribution in [0.5, 0.6) is 5.75 Å². The van der Waals surface area contributed by atoms with Crippen molar-refractivity contribution in [3.8, 4) is 5.75 Å². The van der Waals surface area contributed by atoms with Crippen LogP contribution in [0.25, 0.3) is 0 Å². The number of allylic oxidation sites excluding steroid dienone is 1. The highest BCUT2D eigenvalue weighted by atomic mass is 19.4. The average Bonchev–Trinajstić information content (AvgIpc) is 2.68. The molecule has 2 atom stereocenters. The molecule has 0 spiro atoms.